The van der Waals surface area contributed by atoms with Crippen LogP contribution < -0.4 is 5.73 Å². The molecule has 0 fully saturated rings. The van der Waals surface area contributed by atoms with Crippen molar-refractivity contribution in [3.05, 3.63) is 35.4 Å². The van der Waals surface area contributed by atoms with Crippen LogP contribution in [0.2, 0.25) is 0 Å². The van der Waals surface area contributed by atoms with E-state index >= 15 is 0 Å². The first-order valence-corrected chi connectivity index (χ1v) is 6.06. The Morgan fingerprint density at radius 2 is 1.35 bits per heavy atom. The lowest BCUT2D eigenvalue weighted by Crippen LogP contribution is -2.11. The van der Waals surface area contributed by atoms with Gasteiger partial charge in [0.05, 0.1) is 6.42 Å². The summed E-state index contributed by atoms with van der Waals surface area (Å²) in [6, 6.07) is 5.85. The summed E-state index contributed by atoms with van der Waals surface area (Å²) in [5.74, 6) is -2.10. The third-order valence-corrected chi connectivity index (χ3v) is 2.74. The van der Waals surface area contributed by atoms with Crippen LogP contribution in [0.15, 0.2) is 24.3 Å². The average molecular weight is 277 g/mol. The molecule has 1 aromatic rings. The highest BCUT2D eigenvalue weighted by Gasteiger charge is 2.11. The van der Waals surface area contributed by atoms with Gasteiger partial charge in [0.15, 0.2) is 5.78 Å². The van der Waals surface area contributed by atoms with E-state index in [9.17, 15) is 19.2 Å². The van der Waals surface area contributed by atoms with Gasteiger partial charge in [-0.1, -0.05) is 12.1 Å². The maximum Gasteiger partial charge on any atom is 0.303 e. The van der Waals surface area contributed by atoms with E-state index in [4.69, 9.17) is 10.8 Å². The minimum absolute atomic E-state index is 0.0175. The van der Waals surface area contributed by atoms with Gasteiger partial charge in [-0.25, -0.2) is 0 Å². The molecule has 1 amide bonds. The van der Waals surface area contributed by atoms with Crippen molar-refractivity contribution in [1.29, 1.82) is 0 Å². The van der Waals surface area contributed by atoms with Gasteiger partial charge in [-0.3, -0.25) is 19.2 Å². The second-order valence-electron chi connectivity index (χ2n) is 4.30. The first-order valence-electron chi connectivity index (χ1n) is 6.06. The molecule has 0 unspecified atom stereocenters. The number of ketones is 2. The van der Waals surface area contributed by atoms with E-state index in [0.29, 0.717) is 11.1 Å². The van der Waals surface area contributed by atoms with E-state index in [1.54, 1.807) is 0 Å². The SMILES string of the molecule is NC(=O)c1ccc(C(=O)CCC(=O)CCC(=O)O)cc1. The molecule has 106 valence electrons. The lowest BCUT2D eigenvalue weighted by atomic mass is 10.0. The summed E-state index contributed by atoms with van der Waals surface area (Å²) in [6.07, 6.45) is -0.248. The molecule has 6 heteroatoms. The van der Waals surface area contributed by atoms with E-state index in [1.165, 1.54) is 24.3 Å². The number of rotatable bonds is 8. The predicted octanol–water partition coefficient (Wildman–Crippen LogP) is 1.18. The van der Waals surface area contributed by atoms with Gasteiger partial charge in [0.1, 0.15) is 5.78 Å². The molecule has 0 aliphatic heterocycles. The van der Waals surface area contributed by atoms with Crippen LogP contribution in [0, 0.1) is 0 Å². The molecule has 6 nitrogen and oxygen atoms in total. The third-order valence-electron chi connectivity index (χ3n) is 2.74. The number of amides is 1. The number of nitrogens with two attached hydrogens (primary N) is 1. The van der Waals surface area contributed by atoms with Gasteiger partial charge in [0, 0.05) is 30.4 Å². The van der Waals surface area contributed by atoms with Crippen molar-refractivity contribution < 1.29 is 24.3 Å². The number of carbonyl (C=O) groups excluding carboxylic acids is 3. The molecule has 0 aromatic heterocycles. The standard InChI is InChI=1S/C14H15NO5/c15-14(20)10-3-1-9(2-4-10)12(17)7-5-11(16)6-8-13(18)19/h1-4H,5-8H2,(H2,15,20)(H,18,19). The molecular weight excluding hydrogens is 262 g/mol. The van der Waals surface area contributed by atoms with Gasteiger partial charge in [0.25, 0.3) is 0 Å². The molecule has 0 saturated carbocycles. The van der Waals surface area contributed by atoms with Crippen molar-refractivity contribution in [1.82, 2.24) is 0 Å². The highest BCUT2D eigenvalue weighted by Crippen LogP contribution is 2.09. The Labute approximate surface area is 115 Å². The van der Waals surface area contributed by atoms with Crippen LogP contribution in [0.1, 0.15) is 46.4 Å². The third kappa shape index (κ3) is 5.01. The number of carbonyl (C=O) groups is 4. The van der Waals surface area contributed by atoms with Crippen LogP contribution in [0.4, 0.5) is 0 Å². The zero-order chi connectivity index (χ0) is 15.1. The average Bonchev–Trinajstić information content (AvgIpc) is 2.42. The van der Waals surface area contributed by atoms with Gasteiger partial charge < -0.3 is 10.8 Å². The fraction of sp³-hybridized carbons (Fsp3) is 0.286. The second-order valence-corrected chi connectivity index (χ2v) is 4.30. The first kappa shape index (κ1) is 15.6. The Hall–Kier alpha value is -2.50. The Morgan fingerprint density at radius 3 is 1.85 bits per heavy atom. The van der Waals surface area contributed by atoms with Gasteiger partial charge in [-0.05, 0) is 12.1 Å². The number of carboxylic acids is 1. The number of aliphatic carboxylic acids is 1. The molecule has 0 bridgehead atoms. The van der Waals surface area contributed by atoms with Crippen molar-refractivity contribution in [3.8, 4) is 0 Å². The summed E-state index contributed by atoms with van der Waals surface area (Å²) >= 11 is 0. The zero-order valence-electron chi connectivity index (χ0n) is 10.8. The Balaban J connectivity index is 2.48. The number of hydrogen-bond donors (Lipinski definition) is 2. The summed E-state index contributed by atoms with van der Waals surface area (Å²) in [5, 5.41) is 8.43. The van der Waals surface area contributed by atoms with Crippen molar-refractivity contribution in [2.75, 3.05) is 0 Å². The fourth-order valence-corrected chi connectivity index (χ4v) is 1.59. The Kier molecular flexibility index (Phi) is 5.58. The molecule has 1 aromatic carbocycles. The van der Waals surface area contributed by atoms with Crippen LogP contribution in [0.5, 0.6) is 0 Å². The summed E-state index contributed by atoms with van der Waals surface area (Å²) < 4.78 is 0. The Bertz CT molecular complexity index is 533. The van der Waals surface area contributed by atoms with E-state index in [2.05, 4.69) is 0 Å². The second kappa shape index (κ2) is 7.18. The predicted molar refractivity (Wildman–Crippen MR) is 70.4 cm³/mol. The summed E-state index contributed by atoms with van der Waals surface area (Å²) in [5.41, 5.74) is 5.77. The minimum Gasteiger partial charge on any atom is -0.481 e. The molecule has 1 rings (SSSR count). The minimum atomic E-state index is -1.04. The number of carboxylic acid groups (broad SMARTS) is 1. The summed E-state index contributed by atoms with van der Waals surface area (Å²) in [6.45, 7) is 0. The molecule has 3 N–H and O–H groups in total. The first-order chi connectivity index (χ1) is 9.40. The van der Waals surface area contributed by atoms with E-state index in [0.717, 1.165) is 0 Å². The largest absolute Gasteiger partial charge is 0.481 e. The van der Waals surface area contributed by atoms with Crippen molar-refractivity contribution in [2.24, 2.45) is 5.73 Å². The zero-order valence-corrected chi connectivity index (χ0v) is 10.8. The van der Waals surface area contributed by atoms with Gasteiger partial charge in [0.2, 0.25) is 5.91 Å². The van der Waals surface area contributed by atoms with Crippen LogP contribution in [-0.2, 0) is 9.59 Å². The molecule has 0 saturated heterocycles. The van der Waals surface area contributed by atoms with Crippen LogP contribution in [0.25, 0.3) is 0 Å². The highest BCUT2D eigenvalue weighted by atomic mass is 16.4. The molecule has 0 radical (unpaired) electrons. The smallest absolute Gasteiger partial charge is 0.303 e. The van der Waals surface area contributed by atoms with Crippen molar-refractivity contribution in [2.45, 2.75) is 25.7 Å². The lowest BCUT2D eigenvalue weighted by molar-refractivity contribution is -0.138. The Morgan fingerprint density at radius 1 is 0.850 bits per heavy atom. The lowest BCUT2D eigenvalue weighted by Gasteiger charge is -2.02. The van der Waals surface area contributed by atoms with Crippen molar-refractivity contribution in [3.63, 3.8) is 0 Å². The number of hydrogen-bond acceptors (Lipinski definition) is 4. The normalized spacial score (nSPS) is 10.0. The van der Waals surface area contributed by atoms with Crippen LogP contribution >= 0.6 is 0 Å². The molecule has 20 heavy (non-hydrogen) atoms. The number of primary amides is 1. The highest BCUT2D eigenvalue weighted by molar-refractivity contribution is 5.99. The van der Waals surface area contributed by atoms with E-state index < -0.39 is 11.9 Å². The topological polar surface area (TPSA) is 115 Å². The van der Waals surface area contributed by atoms with E-state index in [1.807, 2.05) is 0 Å². The van der Waals surface area contributed by atoms with Crippen LogP contribution in [0.3, 0.4) is 0 Å². The molecule has 0 aliphatic rings. The van der Waals surface area contributed by atoms with Crippen molar-refractivity contribution >= 4 is 23.4 Å². The summed E-state index contributed by atoms with van der Waals surface area (Å²) in [4.78, 5) is 44.3. The molecular formula is C14H15NO5. The van der Waals surface area contributed by atoms with Crippen LogP contribution in [-0.4, -0.2) is 28.5 Å². The number of Topliss-reactive ketones (excluding diaryl/α,β-unsaturated/α-hetero) is 2. The monoisotopic (exact) mass is 277 g/mol. The maximum absolute atomic E-state index is 11.8. The fourth-order valence-electron chi connectivity index (χ4n) is 1.59. The van der Waals surface area contributed by atoms with Gasteiger partial charge in [-0.15, -0.1) is 0 Å². The van der Waals surface area contributed by atoms with Gasteiger partial charge >= 0.3 is 5.97 Å². The quantitative estimate of drug-likeness (QED) is 0.692. The molecule has 0 spiro atoms. The summed E-state index contributed by atoms with van der Waals surface area (Å²) in [7, 11) is 0. The molecule has 0 aliphatic carbocycles. The molecule has 0 atom stereocenters. The molecule has 0 heterocycles. The van der Waals surface area contributed by atoms with Gasteiger partial charge in [-0.2, -0.15) is 0 Å². The van der Waals surface area contributed by atoms with E-state index in [-0.39, 0.29) is 37.2 Å². The maximum atomic E-state index is 11.8. The number of benzene rings is 1.